The zero-order valence-electron chi connectivity index (χ0n) is 7.41. The molecule has 1 unspecified atom stereocenters. The van der Waals surface area contributed by atoms with Crippen molar-refractivity contribution in [3.63, 3.8) is 0 Å². The van der Waals surface area contributed by atoms with Crippen LogP contribution in [0.4, 0.5) is 0 Å². The number of aryl methyl sites for hydroxylation is 2. The van der Waals surface area contributed by atoms with Gasteiger partial charge in [-0.15, -0.1) is 23.7 Å². The fraction of sp³-hybridized carbons (Fsp3) is 0.625. The number of aromatic nitrogens is 1. The zero-order chi connectivity index (χ0) is 8.27. The second-order valence-electron chi connectivity index (χ2n) is 2.88. The van der Waals surface area contributed by atoms with E-state index in [4.69, 9.17) is 5.73 Å². The molecule has 70 valence electrons. The van der Waals surface area contributed by atoms with E-state index in [0.29, 0.717) is 6.04 Å². The molecule has 1 aromatic rings. The van der Waals surface area contributed by atoms with E-state index < -0.39 is 0 Å². The topological polar surface area (TPSA) is 38.9 Å². The maximum atomic E-state index is 5.64. The number of nitrogens with zero attached hydrogens (tertiary/aromatic N) is 1. The van der Waals surface area contributed by atoms with Crippen molar-refractivity contribution in [1.82, 2.24) is 4.98 Å². The Hall–Kier alpha value is -0.120. The maximum Gasteiger partial charge on any atom is 0.0797 e. The van der Waals surface area contributed by atoms with Gasteiger partial charge in [0.1, 0.15) is 0 Å². The molecule has 0 aliphatic carbocycles. The molecule has 0 aromatic carbocycles. The molecule has 0 aliphatic rings. The van der Waals surface area contributed by atoms with E-state index >= 15 is 0 Å². The number of halogens is 1. The largest absolute Gasteiger partial charge is 0.328 e. The van der Waals surface area contributed by atoms with Crippen LogP contribution in [0.2, 0.25) is 0 Å². The third-order valence-electron chi connectivity index (χ3n) is 1.67. The Balaban J connectivity index is 0.00000121. The molecule has 0 spiro atoms. The lowest BCUT2D eigenvalue weighted by molar-refractivity contribution is 0.668. The molecule has 0 saturated heterocycles. The molecule has 0 aliphatic heterocycles. The normalized spacial score (nSPS) is 12.2. The van der Waals surface area contributed by atoms with Crippen LogP contribution in [0.1, 0.15) is 23.9 Å². The van der Waals surface area contributed by atoms with E-state index in [9.17, 15) is 0 Å². The zero-order valence-corrected chi connectivity index (χ0v) is 9.04. The average molecular weight is 207 g/mol. The molecule has 1 atom stereocenters. The Bertz CT molecular complexity index is 223. The lowest BCUT2D eigenvalue weighted by Crippen LogP contribution is -2.15. The predicted octanol–water partition coefficient (Wildman–Crippen LogP) is 2.15. The number of hydrogen-bond acceptors (Lipinski definition) is 3. The quantitative estimate of drug-likeness (QED) is 0.823. The molecular weight excluding hydrogens is 192 g/mol. The highest BCUT2D eigenvalue weighted by atomic mass is 35.5. The van der Waals surface area contributed by atoms with Gasteiger partial charge in [-0.1, -0.05) is 0 Å². The standard InChI is InChI=1S/C8H14N2S.ClH/c1-6(9)3-4-8-7(2)10-5-11-8;/h5-6H,3-4,9H2,1-2H3;1H. The van der Waals surface area contributed by atoms with Crippen molar-refractivity contribution in [2.45, 2.75) is 32.7 Å². The van der Waals surface area contributed by atoms with E-state index in [1.165, 1.54) is 4.88 Å². The molecule has 0 radical (unpaired) electrons. The Morgan fingerprint density at radius 3 is 2.75 bits per heavy atom. The van der Waals surface area contributed by atoms with Crippen molar-refractivity contribution in [2.75, 3.05) is 0 Å². The first-order valence-corrected chi connectivity index (χ1v) is 4.72. The molecule has 0 saturated carbocycles. The van der Waals surface area contributed by atoms with Crippen LogP contribution < -0.4 is 5.73 Å². The van der Waals surface area contributed by atoms with Gasteiger partial charge in [0.25, 0.3) is 0 Å². The van der Waals surface area contributed by atoms with Crippen LogP contribution in [0.15, 0.2) is 5.51 Å². The summed E-state index contributed by atoms with van der Waals surface area (Å²) in [5.41, 5.74) is 8.70. The van der Waals surface area contributed by atoms with Crippen molar-refractivity contribution >= 4 is 23.7 Å². The summed E-state index contributed by atoms with van der Waals surface area (Å²) >= 11 is 1.72. The first-order valence-electron chi connectivity index (χ1n) is 3.84. The van der Waals surface area contributed by atoms with Gasteiger partial charge in [-0.2, -0.15) is 0 Å². The second kappa shape index (κ2) is 5.51. The minimum atomic E-state index is 0. The van der Waals surface area contributed by atoms with Crippen LogP contribution in [0.3, 0.4) is 0 Å². The summed E-state index contributed by atoms with van der Waals surface area (Å²) in [6, 6.07) is 0.302. The van der Waals surface area contributed by atoms with Crippen LogP contribution in [0.5, 0.6) is 0 Å². The molecule has 0 bridgehead atoms. The summed E-state index contributed by atoms with van der Waals surface area (Å²) in [4.78, 5) is 5.55. The Morgan fingerprint density at radius 2 is 2.33 bits per heavy atom. The molecule has 2 nitrogen and oxygen atoms in total. The van der Waals surface area contributed by atoms with Gasteiger partial charge in [-0.3, -0.25) is 0 Å². The number of rotatable bonds is 3. The van der Waals surface area contributed by atoms with Crippen LogP contribution in [-0.2, 0) is 6.42 Å². The average Bonchev–Trinajstić information content (AvgIpc) is 2.31. The highest BCUT2D eigenvalue weighted by Gasteiger charge is 2.01. The number of nitrogens with two attached hydrogens (primary N) is 1. The van der Waals surface area contributed by atoms with Crippen LogP contribution in [0, 0.1) is 6.92 Å². The molecule has 0 fully saturated rings. The van der Waals surface area contributed by atoms with Gasteiger partial charge in [0, 0.05) is 10.9 Å². The van der Waals surface area contributed by atoms with Crippen molar-refractivity contribution in [3.05, 3.63) is 16.1 Å². The van der Waals surface area contributed by atoms with Gasteiger partial charge in [0.15, 0.2) is 0 Å². The Labute approximate surface area is 83.6 Å². The van der Waals surface area contributed by atoms with Gasteiger partial charge in [0.05, 0.1) is 11.2 Å². The van der Waals surface area contributed by atoms with E-state index in [-0.39, 0.29) is 12.4 Å². The Morgan fingerprint density at radius 1 is 1.67 bits per heavy atom. The molecule has 12 heavy (non-hydrogen) atoms. The first-order chi connectivity index (χ1) is 5.20. The predicted molar refractivity (Wildman–Crippen MR) is 56.1 cm³/mol. The third kappa shape index (κ3) is 3.52. The third-order valence-corrected chi connectivity index (χ3v) is 2.67. The minimum Gasteiger partial charge on any atom is -0.328 e. The summed E-state index contributed by atoms with van der Waals surface area (Å²) in [5, 5.41) is 0. The van der Waals surface area contributed by atoms with Gasteiger partial charge in [-0.25, -0.2) is 4.98 Å². The van der Waals surface area contributed by atoms with Gasteiger partial charge >= 0.3 is 0 Å². The lowest BCUT2D eigenvalue weighted by atomic mass is 10.1. The van der Waals surface area contributed by atoms with Gasteiger partial charge in [-0.05, 0) is 26.7 Å². The van der Waals surface area contributed by atoms with Crippen molar-refractivity contribution in [3.8, 4) is 0 Å². The smallest absolute Gasteiger partial charge is 0.0797 e. The summed E-state index contributed by atoms with van der Waals surface area (Å²) < 4.78 is 0. The molecule has 1 rings (SSSR count). The van der Waals surface area contributed by atoms with Crippen LogP contribution in [-0.4, -0.2) is 11.0 Å². The van der Waals surface area contributed by atoms with Gasteiger partial charge in [0.2, 0.25) is 0 Å². The monoisotopic (exact) mass is 206 g/mol. The molecular formula is C8H15ClN2S. The van der Waals surface area contributed by atoms with E-state index in [1.807, 2.05) is 19.4 Å². The summed E-state index contributed by atoms with van der Waals surface area (Å²) in [5.74, 6) is 0. The van der Waals surface area contributed by atoms with Crippen molar-refractivity contribution in [2.24, 2.45) is 5.73 Å². The minimum absolute atomic E-state index is 0. The first kappa shape index (κ1) is 11.9. The summed E-state index contributed by atoms with van der Waals surface area (Å²) in [7, 11) is 0. The SMILES string of the molecule is Cc1ncsc1CCC(C)N.Cl. The van der Waals surface area contributed by atoms with E-state index in [1.54, 1.807) is 11.3 Å². The molecule has 2 N–H and O–H groups in total. The highest BCUT2D eigenvalue weighted by Crippen LogP contribution is 2.14. The Kier molecular flexibility index (Phi) is 5.46. The maximum absolute atomic E-state index is 5.64. The summed E-state index contributed by atoms with van der Waals surface area (Å²) in [6.45, 7) is 4.09. The highest BCUT2D eigenvalue weighted by molar-refractivity contribution is 7.09. The van der Waals surface area contributed by atoms with Crippen molar-refractivity contribution in [1.29, 1.82) is 0 Å². The fourth-order valence-corrected chi connectivity index (χ4v) is 1.72. The van der Waals surface area contributed by atoms with E-state index in [0.717, 1.165) is 18.5 Å². The summed E-state index contributed by atoms with van der Waals surface area (Å²) in [6.07, 6.45) is 2.14. The van der Waals surface area contributed by atoms with E-state index in [2.05, 4.69) is 4.98 Å². The lowest BCUT2D eigenvalue weighted by Gasteiger charge is -2.02. The number of thiazole rings is 1. The molecule has 4 heteroatoms. The fourth-order valence-electron chi connectivity index (χ4n) is 0.925. The van der Waals surface area contributed by atoms with Crippen LogP contribution in [0.25, 0.3) is 0 Å². The molecule has 0 amide bonds. The molecule has 1 heterocycles. The molecule has 1 aromatic heterocycles. The van der Waals surface area contributed by atoms with Crippen molar-refractivity contribution < 1.29 is 0 Å². The van der Waals surface area contributed by atoms with Crippen LogP contribution >= 0.6 is 23.7 Å². The number of hydrogen-bond donors (Lipinski definition) is 1. The van der Waals surface area contributed by atoms with Gasteiger partial charge < -0.3 is 5.73 Å². The second-order valence-corrected chi connectivity index (χ2v) is 3.82.